The summed E-state index contributed by atoms with van der Waals surface area (Å²) >= 11 is 1.33. The number of fused-ring (bicyclic) bond motifs is 2. The van der Waals surface area contributed by atoms with Gasteiger partial charge in [0.05, 0.1) is 10.2 Å². The fourth-order valence-electron chi connectivity index (χ4n) is 3.38. The van der Waals surface area contributed by atoms with Crippen LogP contribution in [0.4, 0.5) is 6.01 Å². The summed E-state index contributed by atoms with van der Waals surface area (Å²) in [6, 6.07) is 13.9. The number of hydrogen-bond acceptors (Lipinski definition) is 6. The summed E-state index contributed by atoms with van der Waals surface area (Å²) in [6.45, 7) is 0. The topological polar surface area (TPSA) is 80.9 Å². The van der Waals surface area contributed by atoms with E-state index in [2.05, 4.69) is 32.6 Å². The molecule has 1 N–H and O–H groups in total. The maximum Gasteiger partial charge on any atom is 0.322 e. The average Bonchev–Trinajstić information content (AvgIpc) is 3.34. The Morgan fingerprint density at radius 1 is 1.04 bits per heavy atom. The van der Waals surface area contributed by atoms with Crippen molar-refractivity contribution in [2.75, 3.05) is 5.32 Å². The smallest absolute Gasteiger partial charge is 0.322 e. The number of rotatable bonds is 3. The predicted molar refractivity (Wildman–Crippen MR) is 104 cm³/mol. The van der Waals surface area contributed by atoms with Gasteiger partial charge in [-0.1, -0.05) is 23.3 Å². The third-order valence-electron chi connectivity index (χ3n) is 4.73. The molecule has 6 nitrogen and oxygen atoms in total. The van der Waals surface area contributed by atoms with Gasteiger partial charge in [0.1, 0.15) is 0 Å². The molecule has 2 aromatic carbocycles. The summed E-state index contributed by atoms with van der Waals surface area (Å²) in [5.74, 6) is 0.0554. The third kappa shape index (κ3) is 3.10. The molecule has 0 saturated heterocycles. The first-order valence-corrected chi connectivity index (χ1v) is 9.70. The molecule has 1 aliphatic carbocycles. The molecule has 4 aromatic rings. The summed E-state index contributed by atoms with van der Waals surface area (Å²) in [5, 5.41) is 11.0. The lowest BCUT2D eigenvalue weighted by atomic mass is 9.90. The molecular weight excluding hydrogens is 360 g/mol. The minimum atomic E-state index is -0.350. The van der Waals surface area contributed by atoms with Crippen molar-refractivity contribution in [1.29, 1.82) is 0 Å². The molecule has 0 saturated carbocycles. The highest BCUT2D eigenvalue weighted by atomic mass is 32.1. The number of nitrogens with zero attached hydrogens (tertiary/aromatic N) is 3. The Labute approximate surface area is 159 Å². The lowest BCUT2D eigenvalue weighted by molar-refractivity contribution is 0.102. The number of thiazole rings is 1. The minimum Gasteiger partial charge on any atom is -0.403 e. The molecule has 0 unspecified atom stereocenters. The number of benzene rings is 2. The van der Waals surface area contributed by atoms with Crippen LogP contribution in [0, 0.1) is 0 Å². The molecule has 0 spiro atoms. The van der Waals surface area contributed by atoms with Crippen LogP contribution < -0.4 is 5.32 Å². The van der Waals surface area contributed by atoms with Crippen LogP contribution in [0.2, 0.25) is 0 Å². The zero-order valence-electron chi connectivity index (χ0n) is 14.4. The standard InChI is InChI=1S/C20H16N4O2S/c25-17(19-21-15-7-3-4-8-16(15)27-19)22-20-24-23-18(26-20)14-10-9-12-5-1-2-6-13(12)11-14/h3-4,7-11H,1-2,5-6H2,(H,22,24,25). The van der Waals surface area contributed by atoms with Gasteiger partial charge in [-0.05, 0) is 61.1 Å². The zero-order valence-corrected chi connectivity index (χ0v) is 15.3. The van der Waals surface area contributed by atoms with E-state index in [9.17, 15) is 4.79 Å². The Hall–Kier alpha value is -3.06. The quantitative estimate of drug-likeness (QED) is 0.570. The average molecular weight is 376 g/mol. The van der Waals surface area contributed by atoms with Gasteiger partial charge in [-0.3, -0.25) is 10.1 Å². The maximum absolute atomic E-state index is 12.4. The Morgan fingerprint density at radius 2 is 1.89 bits per heavy atom. The molecule has 1 aliphatic rings. The highest BCUT2D eigenvalue weighted by molar-refractivity contribution is 7.20. The number of hydrogen-bond donors (Lipinski definition) is 1. The van der Waals surface area contributed by atoms with Crippen LogP contribution in [-0.2, 0) is 12.8 Å². The summed E-state index contributed by atoms with van der Waals surface area (Å²) in [7, 11) is 0. The van der Waals surface area contributed by atoms with E-state index in [0.29, 0.717) is 10.9 Å². The highest BCUT2D eigenvalue weighted by Crippen LogP contribution is 2.28. The van der Waals surface area contributed by atoms with Crippen LogP contribution in [0.15, 0.2) is 46.9 Å². The Bertz CT molecular complexity index is 1110. The van der Waals surface area contributed by atoms with Crippen molar-refractivity contribution in [3.63, 3.8) is 0 Å². The van der Waals surface area contributed by atoms with E-state index >= 15 is 0 Å². The fourth-order valence-corrected chi connectivity index (χ4v) is 4.24. The molecule has 27 heavy (non-hydrogen) atoms. The summed E-state index contributed by atoms with van der Waals surface area (Å²) in [6.07, 6.45) is 4.67. The molecule has 0 aliphatic heterocycles. The summed E-state index contributed by atoms with van der Waals surface area (Å²) < 4.78 is 6.61. The number of anilines is 1. The van der Waals surface area contributed by atoms with Crippen LogP contribution in [0.3, 0.4) is 0 Å². The molecular formula is C20H16N4O2S. The van der Waals surface area contributed by atoms with Crippen molar-refractivity contribution in [2.24, 2.45) is 0 Å². The summed E-state index contributed by atoms with van der Waals surface area (Å²) in [4.78, 5) is 16.8. The first kappa shape index (κ1) is 16.1. The summed E-state index contributed by atoms with van der Waals surface area (Å²) in [5.41, 5.74) is 4.42. The fraction of sp³-hybridized carbons (Fsp3) is 0.200. The van der Waals surface area contributed by atoms with Crippen LogP contribution >= 0.6 is 11.3 Å². The molecule has 0 radical (unpaired) electrons. The van der Waals surface area contributed by atoms with Crippen LogP contribution in [0.25, 0.3) is 21.7 Å². The lowest BCUT2D eigenvalue weighted by Crippen LogP contribution is -2.11. The number of aromatic nitrogens is 3. The van der Waals surface area contributed by atoms with Crippen LogP contribution in [0.1, 0.15) is 33.8 Å². The monoisotopic (exact) mass is 376 g/mol. The molecule has 7 heteroatoms. The molecule has 0 fully saturated rings. The first-order valence-electron chi connectivity index (χ1n) is 8.89. The van der Waals surface area contributed by atoms with Gasteiger partial charge in [-0.15, -0.1) is 16.4 Å². The zero-order chi connectivity index (χ0) is 18.2. The van der Waals surface area contributed by atoms with E-state index in [1.807, 2.05) is 30.3 Å². The van der Waals surface area contributed by atoms with Gasteiger partial charge in [0.15, 0.2) is 5.01 Å². The van der Waals surface area contributed by atoms with Crippen molar-refractivity contribution in [1.82, 2.24) is 15.2 Å². The Balaban J connectivity index is 1.36. The Kier molecular flexibility index (Phi) is 3.94. The Morgan fingerprint density at radius 3 is 2.78 bits per heavy atom. The van der Waals surface area contributed by atoms with Gasteiger partial charge in [0.25, 0.3) is 5.91 Å². The SMILES string of the molecule is O=C(Nc1nnc(-c2ccc3c(c2)CCCC3)o1)c1nc2ccccc2s1. The molecule has 2 heterocycles. The van der Waals surface area contributed by atoms with E-state index in [1.54, 1.807) is 0 Å². The molecule has 1 amide bonds. The second-order valence-electron chi connectivity index (χ2n) is 6.54. The largest absolute Gasteiger partial charge is 0.403 e. The van der Waals surface area contributed by atoms with Crippen LogP contribution in [0.5, 0.6) is 0 Å². The van der Waals surface area contributed by atoms with Gasteiger partial charge >= 0.3 is 6.01 Å². The number of aryl methyl sites for hydroxylation is 2. The van der Waals surface area contributed by atoms with Gasteiger partial charge in [-0.2, -0.15) is 0 Å². The number of carbonyl (C=O) groups excluding carboxylic acids is 1. The minimum absolute atomic E-state index is 0.0759. The molecule has 0 atom stereocenters. The van der Waals surface area contributed by atoms with Gasteiger partial charge in [0, 0.05) is 5.56 Å². The maximum atomic E-state index is 12.4. The predicted octanol–water partition coefficient (Wildman–Crippen LogP) is 4.48. The van der Waals surface area contributed by atoms with Gasteiger partial charge in [-0.25, -0.2) is 4.98 Å². The number of nitrogens with one attached hydrogen (secondary N) is 1. The molecule has 134 valence electrons. The third-order valence-corrected chi connectivity index (χ3v) is 5.76. The lowest BCUT2D eigenvalue weighted by Gasteiger charge is -2.15. The van der Waals surface area contributed by atoms with E-state index in [-0.39, 0.29) is 11.9 Å². The first-order chi connectivity index (χ1) is 13.3. The van der Waals surface area contributed by atoms with E-state index in [0.717, 1.165) is 28.6 Å². The van der Waals surface area contributed by atoms with Gasteiger partial charge < -0.3 is 4.42 Å². The second kappa shape index (κ2) is 6.59. The van der Waals surface area contributed by atoms with Crippen molar-refractivity contribution in [3.05, 3.63) is 58.6 Å². The highest BCUT2D eigenvalue weighted by Gasteiger charge is 2.17. The van der Waals surface area contributed by atoms with Crippen LogP contribution in [-0.4, -0.2) is 21.1 Å². The molecule has 5 rings (SSSR count). The normalized spacial score (nSPS) is 13.5. The van der Waals surface area contributed by atoms with Gasteiger partial charge in [0.2, 0.25) is 5.89 Å². The van der Waals surface area contributed by atoms with E-state index in [1.165, 1.54) is 35.3 Å². The second-order valence-corrected chi connectivity index (χ2v) is 7.57. The number of carbonyl (C=O) groups is 1. The molecule has 2 aromatic heterocycles. The van der Waals surface area contributed by atoms with Crippen molar-refractivity contribution in [3.8, 4) is 11.5 Å². The van der Waals surface area contributed by atoms with E-state index in [4.69, 9.17) is 4.42 Å². The number of amides is 1. The van der Waals surface area contributed by atoms with Crippen molar-refractivity contribution >= 4 is 33.5 Å². The van der Waals surface area contributed by atoms with Crippen molar-refractivity contribution in [2.45, 2.75) is 25.7 Å². The molecule has 0 bridgehead atoms. The number of para-hydroxylation sites is 1. The van der Waals surface area contributed by atoms with E-state index < -0.39 is 0 Å². The van der Waals surface area contributed by atoms with Crippen molar-refractivity contribution < 1.29 is 9.21 Å².